The van der Waals surface area contributed by atoms with Gasteiger partial charge in [0.05, 0.1) is 7.11 Å². The minimum absolute atomic E-state index is 0.332. The van der Waals surface area contributed by atoms with Gasteiger partial charge < -0.3 is 15.2 Å². The number of ether oxygens (including phenoxy) is 2. The molecule has 0 spiro atoms. The Morgan fingerprint density at radius 1 is 1.42 bits per heavy atom. The van der Waals surface area contributed by atoms with Gasteiger partial charge in [-0.25, -0.2) is 4.79 Å². The molecule has 2 rings (SSSR count). The van der Waals surface area contributed by atoms with Crippen LogP contribution in [0.1, 0.15) is 15.2 Å². The maximum Gasteiger partial charge on any atom is 0.341 e. The molecule has 0 aliphatic heterocycles. The van der Waals surface area contributed by atoms with Gasteiger partial charge in [0.1, 0.15) is 17.9 Å². The minimum atomic E-state index is -0.463. The molecular weight excluding hydrogens is 330 g/mol. The average molecular weight is 342 g/mol. The second-order valence-electron chi connectivity index (χ2n) is 3.77. The Balaban J connectivity index is 2.17. The number of anilines is 1. The fraction of sp³-hybridized carbons (Fsp3) is 0.154. The maximum atomic E-state index is 11.6. The summed E-state index contributed by atoms with van der Waals surface area (Å²) < 4.78 is 11.4. The third kappa shape index (κ3) is 3.48. The summed E-state index contributed by atoms with van der Waals surface area (Å²) in [6.45, 7) is 0.393. The van der Waals surface area contributed by atoms with E-state index < -0.39 is 5.97 Å². The standard InChI is InChI=1S/C13H12BrNO3S/c1-17-13(16)11-5-9(15)2-3-12(11)18-6-10-4-8(14)7-19-10/h2-5,7H,6,15H2,1H3. The average Bonchev–Trinajstić information content (AvgIpc) is 2.82. The van der Waals surface area contributed by atoms with Gasteiger partial charge in [0, 0.05) is 20.4 Å². The van der Waals surface area contributed by atoms with E-state index in [9.17, 15) is 4.79 Å². The Morgan fingerprint density at radius 3 is 2.84 bits per heavy atom. The third-order valence-corrected chi connectivity index (χ3v) is 4.07. The van der Waals surface area contributed by atoms with Gasteiger partial charge in [-0.3, -0.25) is 0 Å². The van der Waals surface area contributed by atoms with Crippen LogP contribution in [0, 0.1) is 0 Å². The quantitative estimate of drug-likeness (QED) is 0.683. The highest BCUT2D eigenvalue weighted by atomic mass is 79.9. The maximum absolute atomic E-state index is 11.6. The van der Waals surface area contributed by atoms with Gasteiger partial charge in [-0.2, -0.15) is 0 Å². The second kappa shape index (κ2) is 6.08. The van der Waals surface area contributed by atoms with Crippen molar-refractivity contribution in [1.29, 1.82) is 0 Å². The molecule has 1 aromatic carbocycles. The van der Waals surface area contributed by atoms with E-state index in [0.29, 0.717) is 23.6 Å². The lowest BCUT2D eigenvalue weighted by atomic mass is 10.2. The van der Waals surface area contributed by atoms with E-state index in [-0.39, 0.29) is 0 Å². The first-order chi connectivity index (χ1) is 9.10. The Hall–Kier alpha value is -1.53. The third-order valence-electron chi connectivity index (χ3n) is 2.40. The summed E-state index contributed by atoms with van der Waals surface area (Å²) in [6, 6.07) is 6.88. The molecule has 0 saturated heterocycles. The normalized spacial score (nSPS) is 10.2. The molecule has 6 heteroatoms. The van der Waals surface area contributed by atoms with Crippen LogP contribution in [0.2, 0.25) is 0 Å². The summed E-state index contributed by atoms with van der Waals surface area (Å²) in [7, 11) is 1.33. The van der Waals surface area contributed by atoms with Crippen molar-refractivity contribution in [2.24, 2.45) is 0 Å². The summed E-state index contributed by atoms with van der Waals surface area (Å²) in [5.74, 6) is 0.000215. The summed E-state index contributed by atoms with van der Waals surface area (Å²) in [4.78, 5) is 12.7. The molecular formula is C13H12BrNO3S. The first-order valence-corrected chi connectivity index (χ1v) is 7.11. The van der Waals surface area contributed by atoms with E-state index in [2.05, 4.69) is 15.9 Å². The Bertz CT molecular complexity index is 597. The zero-order valence-corrected chi connectivity index (χ0v) is 12.6. The van der Waals surface area contributed by atoms with Crippen LogP contribution in [0.4, 0.5) is 5.69 Å². The SMILES string of the molecule is COC(=O)c1cc(N)ccc1OCc1cc(Br)cs1. The van der Waals surface area contributed by atoms with Crippen molar-refractivity contribution in [2.75, 3.05) is 12.8 Å². The van der Waals surface area contributed by atoms with Crippen molar-refractivity contribution in [2.45, 2.75) is 6.61 Å². The number of halogens is 1. The van der Waals surface area contributed by atoms with E-state index >= 15 is 0 Å². The van der Waals surface area contributed by atoms with Crippen LogP contribution in [0.3, 0.4) is 0 Å². The van der Waals surface area contributed by atoms with Gasteiger partial charge in [-0.1, -0.05) is 0 Å². The first kappa shape index (κ1) is 13.9. The van der Waals surface area contributed by atoms with Crippen LogP contribution in [0.25, 0.3) is 0 Å². The lowest BCUT2D eigenvalue weighted by molar-refractivity contribution is 0.0595. The van der Waals surface area contributed by atoms with E-state index in [0.717, 1.165) is 9.35 Å². The van der Waals surface area contributed by atoms with E-state index in [1.54, 1.807) is 29.5 Å². The Morgan fingerprint density at radius 2 is 2.21 bits per heavy atom. The molecule has 0 amide bonds. The minimum Gasteiger partial charge on any atom is -0.487 e. The number of nitrogens with two attached hydrogens (primary N) is 1. The molecule has 4 nitrogen and oxygen atoms in total. The number of nitrogen functional groups attached to an aromatic ring is 1. The molecule has 0 atom stereocenters. The van der Waals surface area contributed by atoms with Gasteiger partial charge in [-0.05, 0) is 40.2 Å². The largest absolute Gasteiger partial charge is 0.487 e. The summed E-state index contributed by atoms with van der Waals surface area (Å²) >= 11 is 4.96. The van der Waals surface area contributed by atoms with Crippen molar-refractivity contribution in [1.82, 2.24) is 0 Å². The lowest BCUT2D eigenvalue weighted by Gasteiger charge is -2.10. The van der Waals surface area contributed by atoms with Gasteiger partial charge in [-0.15, -0.1) is 11.3 Å². The molecule has 0 radical (unpaired) electrons. The van der Waals surface area contributed by atoms with Crippen LogP contribution in [-0.4, -0.2) is 13.1 Å². The number of benzene rings is 1. The molecule has 2 N–H and O–H groups in total. The zero-order valence-electron chi connectivity index (χ0n) is 10.2. The number of carbonyl (C=O) groups excluding carboxylic acids is 1. The van der Waals surface area contributed by atoms with Gasteiger partial charge >= 0.3 is 5.97 Å². The number of hydrogen-bond acceptors (Lipinski definition) is 5. The van der Waals surface area contributed by atoms with Crippen molar-refractivity contribution in [3.8, 4) is 5.75 Å². The molecule has 0 fully saturated rings. The Kier molecular flexibility index (Phi) is 4.44. The number of hydrogen-bond donors (Lipinski definition) is 1. The van der Waals surface area contributed by atoms with Gasteiger partial charge in [0.25, 0.3) is 0 Å². The molecule has 1 heterocycles. The van der Waals surface area contributed by atoms with Crippen LogP contribution in [-0.2, 0) is 11.3 Å². The number of thiophene rings is 1. The lowest BCUT2D eigenvalue weighted by Crippen LogP contribution is -2.06. The second-order valence-corrected chi connectivity index (χ2v) is 5.68. The number of rotatable bonds is 4. The molecule has 0 saturated carbocycles. The van der Waals surface area contributed by atoms with Crippen molar-refractivity contribution < 1.29 is 14.3 Å². The summed E-state index contributed by atoms with van der Waals surface area (Å²) in [5.41, 5.74) is 6.49. The summed E-state index contributed by atoms with van der Waals surface area (Å²) in [6.07, 6.45) is 0. The summed E-state index contributed by atoms with van der Waals surface area (Å²) in [5, 5.41) is 1.98. The highest BCUT2D eigenvalue weighted by molar-refractivity contribution is 9.10. The predicted octanol–water partition coefficient (Wildman–Crippen LogP) is 3.46. The predicted molar refractivity (Wildman–Crippen MR) is 78.5 cm³/mol. The highest BCUT2D eigenvalue weighted by Gasteiger charge is 2.13. The molecule has 1 aromatic heterocycles. The smallest absolute Gasteiger partial charge is 0.341 e. The molecule has 2 aromatic rings. The van der Waals surface area contributed by atoms with Gasteiger partial charge in [0.15, 0.2) is 0 Å². The van der Waals surface area contributed by atoms with Crippen LogP contribution < -0.4 is 10.5 Å². The topological polar surface area (TPSA) is 61.5 Å². The van der Waals surface area contributed by atoms with Crippen LogP contribution in [0.15, 0.2) is 34.1 Å². The van der Waals surface area contributed by atoms with Crippen LogP contribution >= 0.6 is 27.3 Å². The molecule has 100 valence electrons. The molecule has 0 bridgehead atoms. The van der Waals surface area contributed by atoms with Crippen molar-refractivity contribution in [3.05, 3.63) is 44.6 Å². The monoisotopic (exact) mass is 341 g/mol. The fourth-order valence-corrected chi connectivity index (χ4v) is 2.88. The molecule has 19 heavy (non-hydrogen) atoms. The van der Waals surface area contributed by atoms with E-state index in [4.69, 9.17) is 15.2 Å². The van der Waals surface area contributed by atoms with Gasteiger partial charge in [0.2, 0.25) is 0 Å². The highest BCUT2D eigenvalue weighted by Crippen LogP contribution is 2.25. The fourth-order valence-electron chi connectivity index (χ4n) is 1.52. The van der Waals surface area contributed by atoms with E-state index in [1.165, 1.54) is 7.11 Å². The molecule has 0 aliphatic carbocycles. The Labute approximate surface area is 123 Å². The van der Waals surface area contributed by atoms with Crippen LogP contribution in [0.5, 0.6) is 5.75 Å². The molecule has 0 aliphatic rings. The van der Waals surface area contributed by atoms with Crippen molar-refractivity contribution in [3.63, 3.8) is 0 Å². The number of esters is 1. The van der Waals surface area contributed by atoms with E-state index in [1.807, 2.05) is 11.4 Å². The first-order valence-electron chi connectivity index (χ1n) is 5.43. The molecule has 0 unspecified atom stereocenters. The van der Waals surface area contributed by atoms with Crippen molar-refractivity contribution >= 4 is 38.9 Å². The number of carbonyl (C=O) groups is 1. The number of methoxy groups -OCH3 is 1. The zero-order chi connectivity index (χ0) is 13.8.